The Hall–Kier alpha value is -1.62. The van der Waals surface area contributed by atoms with Gasteiger partial charge in [-0.1, -0.05) is 0 Å². The van der Waals surface area contributed by atoms with Crippen LogP contribution in [0.5, 0.6) is 0 Å². The molecule has 1 heterocycles. The fraction of sp³-hybridized carbons (Fsp3) is 0.500. The zero-order chi connectivity index (χ0) is 12.3. The standard InChI is InChI=1S/C12H17N3O2/c1-13-8-10-6-7-14(9-10)11-2-4-12(5-3-11)15(16)17/h2-5,10,13H,6-9H2,1H3. The lowest BCUT2D eigenvalue weighted by atomic mass is 10.1. The van der Waals surface area contributed by atoms with Crippen molar-refractivity contribution in [1.29, 1.82) is 0 Å². The molecule has 17 heavy (non-hydrogen) atoms. The number of rotatable bonds is 4. The van der Waals surface area contributed by atoms with E-state index in [0.717, 1.165) is 25.3 Å². The quantitative estimate of drug-likeness (QED) is 0.636. The minimum Gasteiger partial charge on any atom is -0.371 e. The molecule has 1 atom stereocenters. The van der Waals surface area contributed by atoms with Crippen LogP contribution in [-0.4, -0.2) is 31.6 Å². The first-order chi connectivity index (χ1) is 8.20. The molecule has 1 saturated heterocycles. The second-order valence-corrected chi connectivity index (χ2v) is 4.43. The smallest absolute Gasteiger partial charge is 0.269 e. The molecule has 1 aromatic rings. The highest BCUT2D eigenvalue weighted by molar-refractivity contribution is 5.51. The zero-order valence-corrected chi connectivity index (χ0v) is 9.93. The average molecular weight is 235 g/mol. The Labute approximate surface area is 101 Å². The van der Waals surface area contributed by atoms with E-state index in [9.17, 15) is 10.1 Å². The lowest BCUT2D eigenvalue weighted by Crippen LogP contribution is -2.24. The number of nitrogens with one attached hydrogen (secondary N) is 1. The lowest BCUT2D eigenvalue weighted by Gasteiger charge is -2.18. The molecule has 0 saturated carbocycles. The summed E-state index contributed by atoms with van der Waals surface area (Å²) in [6, 6.07) is 6.81. The van der Waals surface area contributed by atoms with E-state index in [1.54, 1.807) is 12.1 Å². The van der Waals surface area contributed by atoms with Gasteiger partial charge in [-0.25, -0.2) is 0 Å². The van der Waals surface area contributed by atoms with E-state index < -0.39 is 0 Å². The molecule has 0 bridgehead atoms. The number of nitrogens with zero attached hydrogens (tertiary/aromatic N) is 2. The van der Waals surface area contributed by atoms with Crippen molar-refractivity contribution in [2.24, 2.45) is 5.92 Å². The van der Waals surface area contributed by atoms with Crippen LogP contribution in [0.15, 0.2) is 24.3 Å². The summed E-state index contributed by atoms with van der Waals surface area (Å²) in [5.74, 6) is 0.676. The van der Waals surface area contributed by atoms with Crippen LogP contribution in [0, 0.1) is 16.0 Å². The van der Waals surface area contributed by atoms with Gasteiger partial charge in [0.05, 0.1) is 4.92 Å². The first kappa shape index (κ1) is 11.9. The maximum absolute atomic E-state index is 10.6. The van der Waals surface area contributed by atoms with Crippen LogP contribution in [0.25, 0.3) is 0 Å². The number of benzene rings is 1. The second kappa shape index (κ2) is 5.14. The van der Waals surface area contributed by atoms with Crippen LogP contribution in [0.1, 0.15) is 6.42 Å². The Kier molecular flexibility index (Phi) is 3.58. The van der Waals surface area contributed by atoms with E-state index in [-0.39, 0.29) is 10.6 Å². The van der Waals surface area contributed by atoms with Gasteiger partial charge >= 0.3 is 0 Å². The van der Waals surface area contributed by atoms with Crippen molar-refractivity contribution in [3.8, 4) is 0 Å². The fourth-order valence-electron chi connectivity index (χ4n) is 2.31. The van der Waals surface area contributed by atoms with Crippen molar-refractivity contribution in [3.05, 3.63) is 34.4 Å². The van der Waals surface area contributed by atoms with Crippen LogP contribution in [0.2, 0.25) is 0 Å². The van der Waals surface area contributed by atoms with E-state index >= 15 is 0 Å². The minimum absolute atomic E-state index is 0.153. The van der Waals surface area contributed by atoms with Crippen LogP contribution in [-0.2, 0) is 0 Å². The maximum Gasteiger partial charge on any atom is 0.269 e. The predicted octanol–water partition coefficient (Wildman–Crippen LogP) is 1.64. The normalized spacial score (nSPS) is 19.6. The highest BCUT2D eigenvalue weighted by Gasteiger charge is 2.22. The van der Waals surface area contributed by atoms with E-state index in [4.69, 9.17) is 0 Å². The monoisotopic (exact) mass is 235 g/mol. The van der Waals surface area contributed by atoms with Crippen molar-refractivity contribution >= 4 is 11.4 Å². The third-order valence-electron chi connectivity index (χ3n) is 3.20. The number of anilines is 1. The molecule has 5 heteroatoms. The van der Waals surface area contributed by atoms with E-state index in [0.29, 0.717) is 5.92 Å². The third kappa shape index (κ3) is 2.74. The predicted molar refractivity (Wildman–Crippen MR) is 67.3 cm³/mol. The largest absolute Gasteiger partial charge is 0.371 e. The van der Waals surface area contributed by atoms with Crippen LogP contribution >= 0.6 is 0 Å². The van der Waals surface area contributed by atoms with Crippen molar-refractivity contribution in [1.82, 2.24) is 5.32 Å². The molecule has 0 spiro atoms. The van der Waals surface area contributed by atoms with Crippen molar-refractivity contribution in [2.45, 2.75) is 6.42 Å². The number of hydrogen-bond acceptors (Lipinski definition) is 4. The molecule has 1 aliphatic rings. The highest BCUT2D eigenvalue weighted by atomic mass is 16.6. The van der Waals surface area contributed by atoms with Gasteiger partial charge in [0, 0.05) is 30.9 Å². The van der Waals surface area contributed by atoms with Crippen LogP contribution in [0.3, 0.4) is 0 Å². The first-order valence-electron chi connectivity index (χ1n) is 5.84. The summed E-state index contributed by atoms with van der Waals surface area (Å²) < 4.78 is 0. The molecule has 1 unspecified atom stereocenters. The molecule has 0 amide bonds. The van der Waals surface area contributed by atoms with E-state index in [2.05, 4.69) is 10.2 Å². The summed E-state index contributed by atoms with van der Waals surface area (Å²) in [7, 11) is 1.97. The molecule has 0 radical (unpaired) electrons. The van der Waals surface area contributed by atoms with Gasteiger partial charge in [-0.05, 0) is 38.1 Å². The summed E-state index contributed by atoms with van der Waals surface area (Å²) in [6.07, 6.45) is 1.18. The average Bonchev–Trinajstić information content (AvgIpc) is 2.78. The molecule has 1 aromatic carbocycles. The van der Waals surface area contributed by atoms with Crippen molar-refractivity contribution in [2.75, 3.05) is 31.6 Å². The summed E-state index contributed by atoms with van der Waals surface area (Å²) >= 11 is 0. The summed E-state index contributed by atoms with van der Waals surface area (Å²) in [6.45, 7) is 3.09. The van der Waals surface area contributed by atoms with Crippen molar-refractivity contribution < 1.29 is 4.92 Å². The summed E-state index contributed by atoms with van der Waals surface area (Å²) in [5.41, 5.74) is 1.23. The van der Waals surface area contributed by atoms with Crippen LogP contribution < -0.4 is 10.2 Å². The Morgan fingerprint density at radius 2 is 2.18 bits per heavy atom. The van der Waals surface area contributed by atoms with Gasteiger partial charge in [-0.15, -0.1) is 0 Å². The van der Waals surface area contributed by atoms with Gasteiger partial charge < -0.3 is 10.2 Å². The van der Waals surface area contributed by atoms with Gasteiger partial charge in [0.2, 0.25) is 0 Å². The number of nitro benzene ring substituents is 1. The molecule has 2 rings (SSSR count). The fourth-order valence-corrected chi connectivity index (χ4v) is 2.31. The van der Waals surface area contributed by atoms with Gasteiger partial charge in [0.15, 0.2) is 0 Å². The second-order valence-electron chi connectivity index (χ2n) is 4.43. The number of non-ortho nitro benzene ring substituents is 1. The Balaban J connectivity index is 2.01. The molecule has 1 N–H and O–H groups in total. The third-order valence-corrected chi connectivity index (χ3v) is 3.20. The molecular weight excluding hydrogens is 218 g/mol. The van der Waals surface area contributed by atoms with Gasteiger partial charge in [0.25, 0.3) is 5.69 Å². The zero-order valence-electron chi connectivity index (χ0n) is 9.93. The molecule has 0 aliphatic carbocycles. The van der Waals surface area contributed by atoms with Crippen LogP contribution in [0.4, 0.5) is 11.4 Å². The lowest BCUT2D eigenvalue weighted by molar-refractivity contribution is -0.384. The van der Waals surface area contributed by atoms with Gasteiger partial charge in [-0.2, -0.15) is 0 Å². The van der Waals surface area contributed by atoms with Gasteiger partial charge in [-0.3, -0.25) is 10.1 Å². The number of nitro groups is 1. The summed E-state index contributed by atoms with van der Waals surface area (Å²) in [5, 5.41) is 13.7. The SMILES string of the molecule is CNCC1CCN(c2ccc([N+](=O)[O-])cc2)C1. The Morgan fingerprint density at radius 3 is 2.76 bits per heavy atom. The van der Waals surface area contributed by atoms with Crippen molar-refractivity contribution in [3.63, 3.8) is 0 Å². The van der Waals surface area contributed by atoms with E-state index in [1.807, 2.05) is 19.2 Å². The molecule has 1 aliphatic heterocycles. The highest BCUT2D eigenvalue weighted by Crippen LogP contribution is 2.25. The minimum atomic E-state index is -0.364. The molecule has 1 fully saturated rings. The summed E-state index contributed by atoms with van der Waals surface area (Å²) in [4.78, 5) is 12.5. The Morgan fingerprint density at radius 1 is 1.47 bits per heavy atom. The topological polar surface area (TPSA) is 58.4 Å². The molecular formula is C12H17N3O2. The van der Waals surface area contributed by atoms with Gasteiger partial charge in [0.1, 0.15) is 0 Å². The molecule has 0 aromatic heterocycles. The number of hydrogen-bond donors (Lipinski definition) is 1. The van der Waals surface area contributed by atoms with E-state index in [1.165, 1.54) is 6.42 Å². The molecule has 92 valence electrons. The first-order valence-corrected chi connectivity index (χ1v) is 5.84. The molecule has 5 nitrogen and oxygen atoms in total. The Bertz CT molecular complexity index is 391. The maximum atomic E-state index is 10.6.